The number of nitrogens with zero attached hydrogens (tertiary/aromatic N) is 1. The molecule has 0 bridgehead atoms. The van der Waals surface area contributed by atoms with E-state index >= 15 is 0 Å². The van der Waals surface area contributed by atoms with E-state index in [-0.39, 0.29) is 5.82 Å². The van der Waals surface area contributed by atoms with Crippen molar-refractivity contribution in [1.29, 1.82) is 0 Å². The standard InChI is InChI=1S/C14H21FN2S/c1-10-11(2)18-8-7-17(10)14-12(9-16-3)5-4-6-13(14)15/h4-6,10-11,16H,7-9H2,1-3H3. The highest BCUT2D eigenvalue weighted by atomic mass is 32.2. The summed E-state index contributed by atoms with van der Waals surface area (Å²) in [7, 11) is 1.90. The minimum Gasteiger partial charge on any atom is -0.364 e. The number of nitrogens with one attached hydrogen (secondary N) is 1. The molecule has 1 heterocycles. The summed E-state index contributed by atoms with van der Waals surface area (Å²) >= 11 is 1.97. The van der Waals surface area contributed by atoms with E-state index in [0.29, 0.717) is 17.8 Å². The van der Waals surface area contributed by atoms with E-state index in [4.69, 9.17) is 0 Å². The number of para-hydroxylation sites is 1. The molecule has 0 aliphatic carbocycles. The van der Waals surface area contributed by atoms with Crippen LogP contribution in [0, 0.1) is 5.82 Å². The van der Waals surface area contributed by atoms with Gasteiger partial charge in [0.1, 0.15) is 5.82 Å². The van der Waals surface area contributed by atoms with Gasteiger partial charge in [0.05, 0.1) is 5.69 Å². The second kappa shape index (κ2) is 5.93. The average Bonchev–Trinajstić information content (AvgIpc) is 2.34. The maximum absolute atomic E-state index is 14.2. The molecule has 1 aromatic carbocycles. The summed E-state index contributed by atoms with van der Waals surface area (Å²) in [5, 5.41) is 3.66. The van der Waals surface area contributed by atoms with Crippen LogP contribution < -0.4 is 10.2 Å². The summed E-state index contributed by atoms with van der Waals surface area (Å²) in [6.45, 7) is 6.04. The van der Waals surface area contributed by atoms with E-state index in [0.717, 1.165) is 23.5 Å². The number of halogens is 1. The van der Waals surface area contributed by atoms with Crippen LogP contribution in [0.4, 0.5) is 10.1 Å². The van der Waals surface area contributed by atoms with Crippen molar-refractivity contribution in [3.8, 4) is 0 Å². The van der Waals surface area contributed by atoms with Crippen molar-refractivity contribution in [2.24, 2.45) is 0 Å². The van der Waals surface area contributed by atoms with Crippen LogP contribution >= 0.6 is 11.8 Å². The molecule has 1 aromatic rings. The van der Waals surface area contributed by atoms with Gasteiger partial charge in [-0.2, -0.15) is 11.8 Å². The highest BCUT2D eigenvalue weighted by Gasteiger charge is 2.28. The molecule has 2 atom stereocenters. The van der Waals surface area contributed by atoms with Crippen LogP contribution in [-0.4, -0.2) is 30.6 Å². The minimum absolute atomic E-state index is 0.103. The lowest BCUT2D eigenvalue weighted by molar-refractivity contribution is 0.577. The number of rotatable bonds is 3. The fourth-order valence-corrected chi connectivity index (χ4v) is 3.56. The molecule has 0 amide bonds. The summed E-state index contributed by atoms with van der Waals surface area (Å²) in [6, 6.07) is 5.73. The van der Waals surface area contributed by atoms with Gasteiger partial charge in [-0.25, -0.2) is 4.39 Å². The molecular formula is C14H21FN2S. The Balaban J connectivity index is 2.36. The lowest BCUT2D eigenvalue weighted by Crippen LogP contribution is -2.45. The molecule has 0 saturated carbocycles. The van der Waals surface area contributed by atoms with Crippen LogP contribution in [-0.2, 0) is 6.54 Å². The SMILES string of the molecule is CNCc1cccc(F)c1N1CCSC(C)C1C. The average molecular weight is 268 g/mol. The molecule has 2 unspecified atom stereocenters. The van der Waals surface area contributed by atoms with Crippen LogP contribution in [0.3, 0.4) is 0 Å². The van der Waals surface area contributed by atoms with Gasteiger partial charge in [-0.3, -0.25) is 0 Å². The molecule has 0 radical (unpaired) electrons. The molecule has 2 rings (SSSR count). The maximum Gasteiger partial charge on any atom is 0.146 e. The van der Waals surface area contributed by atoms with E-state index in [9.17, 15) is 4.39 Å². The summed E-state index contributed by atoms with van der Waals surface area (Å²) in [5.41, 5.74) is 1.83. The first-order valence-electron chi connectivity index (χ1n) is 6.45. The van der Waals surface area contributed by atoms with Gasteiger partial charge in [0, 0.05) is 30.1 Å². The van der Waals surface area contributed by atoms with Crippen molar-refractivity contribution in [2.45, 2.75) is 31.7 Å². The van der Waals surface area contributed by atoms with Gasteiger partial charge in [-0.1, -0.05) is 19.1 Å². The Morgan fingerprint density at radius 3 is 2.94 bits per heavy atom. The fraction of sp³-hybridized carbons (Fsp3) is 0.571. The summed E-state index contributed by atoms with van der Waals surface area (Å²) in [4.78, 5) is 2.23. The van der Waals surface area contributed by atoms with Crippen LogP contribution in [0.25, 0.3) is 0 Å². The Kier molecular flexibility index (Phi) is 4.51. The largest absolute Gasteiger partial charge is 0.364 e. The maximum atomic E-state index is 14.2. The Bertz CT molecular complexity index is 411. The zero-order valence-electron chi connectivity index (χ0n) is 11.2. The summed E-state index contributed by atoms with van der Waals surface area (Å²) in [6.07, 6.45) is 0. The van der Waals surface area contributed by atoms with Gasteiger partial charge in [0.2, 0.25) is 0 Å². The summed E-state index contributed by atoms with van der Waals surface area (Å²) < 4.78 is 14.2. The first-order chi connectivity index (χ1) is 8.65. The van der Waals surface area contributed by atoms with Crippen molar-refractivity contribution in [1.82, 2.24) is 5.32 Å². The van der Waals surface area contributed by atoms with Gasteiger partial charge in [-0.05, 0) is 25.6 Å². The second-order valence-electron chi connectivity index (χ2n) is 4.79. The quantitative estimate of drug-likeness (QED) is 0.907. The highest BCUT2D eigenvalue weighted by molar-refractivity contribution is 8.00. The number of thioether (sulfide) groups is 1. The first-order valence-corrected chi connectivity index (χ1v) is 7.50. The molecule has 1 aliphatic heterocycles. The molecular weight excluding hydrogens is 247 g/mol. The van der Waals surface area contributed by atoms with Gasteiger partial charge >= 0.3 is 0 Å². The Morgan fingerprint density at radius 2 is 2.22 bits per heavy atom. The number of benzene rings is 1. The molecule has 4 heteroatoms. The lowest BCUT2D eigenvalue weighted by atomic mass is 10.1. The van der Waals surface area contributed by atoms with Crippen LogP contribution in [0.1, 0.15) is 19.4 Å². The molecule has 1 aliphatic rings. The van der Waals surface area contributed by atoms with Crippen molar-refractivity contribution in [3.05, 3.63) is 29.6 Å². The lowest BCUT2D eigenvalue weighted by Gasteiger charge is -2.40. The third kappa shape index (κ3) is 2.64. The van der Waals surface area contributed by atoms with Crippen LogP contribution in [0.15, 0.2) is 18.2 Å². The van der Waals surface area contributed by atoms with Crippen molar-refractivity contribution in [3.63, 3.8) is 0 Å². The molecule has 1 fully saturated rings. The Labute approximate surface area is 113 Å². The van der Waals surface area contributed by atoms with Crippen molar-refractivity contribution < 1.29 is 4.39 Å². The third-order valence-electron chi connectivity index (χ3n) is 3.61. The zero-order valence-corrected chi connectivity index (χ0v) is 12.1. The number of anilines is 1. The minimum atomic E-state index is -0.103. The topological polar surface area (TPSA) is 15.3 Å². The predicted molar refractivity (Wildman–Crippen MR) is 77.9 cm³/mol. The van der Waals surface area contributed by atoms with Crippen LogP contribution in [0.5, 0.6) is 0 Å². The zero-order chi connectivity index (χ0) is 13.1. The van der Waals surface area contributed by atoms with Crippen molar-refractivity contribution >= 4 is 17.4 Å². The third-order valence-corrected chi connectivity index (χ3v) is 4.95. The van der Waals surface area contributed by atoms with Gasteiger partial charge < -0.3 is 10.2 Å². The monoisotopic (exact) mass is 268 g/mol. The molecule has 2 nitrogen and oxygen atoms in total. The van der Waals surface area contributed by atoms with E-state index in [1.165, 1.54) is 0 Å². The normalized spacial score (nSPS) is 24.3. The number of hydrogen-bond donors (Lipinski definition) is 1. The van der Waals surface area contributed by atoms with Gasteiger partial charge in [0.25, 0.3) is 0 Å². The van der Waals surface area contributed by atoms with Gasteiger partial charge in [-0.15, -0.1) is 0 Å². The van der Waals surface area contributed by atoms with E-state index in [1.807, 2.05) is 24.9 Å². The van der Waals surface area contributed by atoms with Crippen LogP contribution in [0.2, 0.25) is 0 Å². The first kappa shape index (κ1) is 13.7. The van der Waals surface area contributed by atoms with Gasteiger partial charge in [0.15, 0.2) is 0 Å². The molecule has 18 heavy (non-hydrogen) atoms. The smallest absolute Gasteiger partial charge is 0.146 e. The molecule has 1 N–H and O–H groups in total. The second-order valence-corrected chi connectivity index (χ2v) is 6.27. The molecule has 0 aromatic heterocycles. The fourth-order valence-electron chi connectivity index (χ4n) is 2.46. The molecule has 0 spiro atoms. The van der Waals surface area contributed by atoms with E-state index in [1.54, 1.807) is 12.1 Å². The Hall–Kier alpha value is -0.740. The predicted octanol–water partition coefficient (Wildman–Crippen LogP) is 2.88. The highest BCUT2D eigenvalue weighted by Crippen LogP contribution is 2.33. The Morgan fingerprint density at radius 1 is 1.44 bits per heavy atom. The summed E-state index contributed by atoms with van der Waals surface area (Å²) in [5.74, 6) is 0.965. The number of hydrogen-bond acceptors (Lipinski definition) is 3. The van der Waals surface area contributed by atoms with E-state index < -0.39 is 0 Å². The van der Waals surface area contributed by atoms with E-state index in [2.05, 4.69) is 24.1 Å². The van der Waals surface area contributed by atoms with Crippen molar-refractivity contribution in [2.75, 3.05) is 24.2 Å². The molecule has 1 saturated heterocycles. The molecule has 100 valence electrons.